The molecule has 8 nitrogen and oxygen atoms in total. The molecular formula is C24H33N5O3. The number of allylic oxidation sites excluding steroid dienone is 1. The van der Waals surface area contributed by atoms with E-state index >= 15 is 0 Å². The molecule has 1 aromatic rings. The van der Waals surface area contributed by atoms with E-state index in [1.165, 1.54) is 0 Å². The van der Waals surface area contributed by atoms with Crippen molar-refractivity contribution < 1.29 is 14.3 Å². The Morgan fingerprint density at radius 1 is 1.22 bits per heavy atom. The largest absolute Gasteiger partial charge is 0.404 e. The Kier molecular flexibility index (Phi) is 6.91. The van der Waals surface area contributed by atoms with Crippen LogP contribution in [-0.4, -0.2) is 74.9 Å². The maximum Gasteiger partial charge on any atom is 0.230 e. The van der Waals surface area contributed by atoms with Gasteiger partial charge in [0.25, 0.3) is 0 Å². The lowest BCUT2D eigenvalue weighted by Gasteiger charge is -2.41. The third-order valence-corrected chi connectivity index (χ3v) is 6.34. The van der Waals surface area contributed by atoms with Crippen molar-refractivity contribution in [1.82, 2.24) is 4.90 Å². The first kappa shape index (κ1) is 22.5. The molecule has 2 fully saturated rings. The number of carbonyl (C=O) groups is 2. The number of fused-ring (bicyclic) bond motifs is 1. The van der Waals surface area contributed by atoms with Gasteiger partial charge in [0.05, 0.1) is 37.2 Å². The molecule has 172 valence electrons. The van der Waals surface area contributed by atoms with Gasteiger partial charge in [0.2, 0.25) is 11.8 Å². The molecule has 1 saturated carbocycles. The number of anilines is 2. The van der Waals surface area contributed by atoms with Gasteiger partial charge in [-0.05, 0) is 37.5 Å². The van der Waals surface area contributed by atoms with E-state index in [2.05, 4.69) is 9.89 Å². The fourth-order valence-electron chi connectivity index (χ4n) is 4.44. The highest BCUT2D eigenvalue weighted by Gasteiger charge is 2.39. The van der Waals surface area contributed by atoms with Crippen LogP contribution >= 0.6 is 0 Å². The molecule has 2 heterocycles. The molecule has 2 N–H and O–H groups in total. The van der Waals surface area contributed by atoms with Gasteiger partial charge in [-0.1, -0.05) is 6.07 Å². The van der Waals surface area contributed by atoms with E-state index in [1.807, 2.05) is 30.0 Å². The second-order valence-electron chi connectivity index (χ2n) is 8.78. The van der Waals surface area contributed by atoms with E-state index in [-0.39, 0.29) is 23.8 Å². The van der Waals surface area contributed by atoms with Gasteiger partial charge in [-0.2, -0.15) is 0 Å². The molecule has 3 aliphatic rings. The number of hydrogen-bond acceptors (Lipinski definition) is 6. The summed E-state index contributed by atoms with van der Waals surface area (Å²) in [6.45, 7) is 9.06. The van der Waals surface area contributed by atoms with Crippen molar-refractivity contribution in [3.8, 4) is 0 Å². The Hall–Kier alpha value is -2.71. The molecular weight excluding hydrogens is 406 g/mol. The SMILES string of the molecule is CC(=O)N1c2ccc(C(C=NCCN3CCOCC3)=CN)cc2N(C(=O)C2CC2)C[C@@H]1C. The number of benzene rings is 1. The Morgan fingerprint density at radius 3 is 2.62 bits per heavy atom. The van der Waals surface area contributed by atoms with Crippen molar-refractivity contribution in [1.29, 1.82) is 0 Å². The molecule has 0 bridgehead atoms. The van der Waals surface area contributed by atoms with Crippen molar-refractivity contribution in [2.24, 2.45) is 16.6 Å². The van der Waals surface area contributed by atoms with Gasteiger partial charge in [0, 0.05) is 57.0 Å². The highest BCUT2D eigenvalue weighted by atomic mass is 16.5. The summed E-state index contributed by atoms with van der Waals surface area (Å²) in [5, 5.41) is 0. The molecule has 2 amide bonds. The molecule has 0 unspecified atom stereocenters. The van der Waals surface area contributed by atoms with Gasteiger partial charge in [0.1, 0.15) is 0 Å². The fourth-order valence-corrected chi connectivity index (χ4v) is 4.44. The zero-order valence-corrected chi connectivity index (χ0v) is 19.0. The number of carbonyl (C=O) groups excluding carboxylic acids is 2. The number of morpholine rings is 1. The maximum atomic E-state index is 13.0. The smallest absolute Gasteiger partial charge is 0.230 e. The molecule has 0 spiro atoms. The van der Waals surface area contributed by atoms with Gasteiger partial charge in [0.15, 0.2) is 0 Å². The van der Waals surface area contributed by atoms with Crippen LogP contribution in [0, 0.1) is 5.92 Å². The summed E-state index contributed by atoms with van der Waals surface area (Å²) in [6.07, 6.45) is 5.22. The first-order valence-corrected chi connectivity index (χ1v) is 11.5. The third-order valence-electron chi connectivity index (χ3n) is 6.34. The van der Waals surface area contributed by atoms with Gasteiger partial charge in [-0.3, -0.25) is 19.5 Å². The fraction of sp³-hybridized carbons (Fsp3) is 0.542. The molecule has 0 radical (unpaired) electrons. The summed E-state index contributed by atoms with van der Waals surface area (Å²) in [4.78, 5) is 35.9. The third kappa shape index (κ3) is 4.86. The minimum atomic E-state index is -0.0696. The molecule has 32 heavy (non-hydrogen) atoms. The number of nitrogens with two attached hydrogens (primary N) is 1. The summed E-state index contributed by atoms with van der Waals surface area (Å²) in [5.74, 6) is 0.231. The summed E-state index contributed by atoms with van der Waals surface area (Å²) in [5.41, 5.74) is 9.15. The lowest BCUT2D eigenvalue weighted by molar-refractivity contribution is -0.120. The number of nitrogens with zero attached hydrogens (tertiary/aromatic N) is 4. The van der Waals surface area contributed by atoms with E-state index in [4.69, 9.17) is 10.5 Å². The number of rotatable bonds is 6. The second-order valence-corrected chi connectivity index (χ2v) is 8.78. The molecule has 1 saturated heterocycles. The van der Waals surface area contributed by atoms with E-state index in [9.17, 15) is 9.59 Å². The van der Waals surface area contributed by atoms with Crippen molar-refractivity contribution in [2.45, 2.75) is 32.7 Å². The zero-order valence-electron chi connectivity index (χ0n) is 19.0. The normalized spacial score (nSPS) is 22.3. The molecule has 0 aromatic heterocycles. The van der Waals surface area contributed by atoms with Crippen LogP contribution in [0.1, 0.15) is 32.3 Å². The van der Waals surface area contributed by atoms with Gasteiger partial charge >= 0.3 is 0 Å². The maximum absolute atomic E-state index is 13.0. The van der Waals surface area contributed by atoms with Crippen LogP contribution < -0.4 is 15.5 Å². The van der Waals surface area contributed by atoms with Crippen LogP contribution in [0.15, 0.2) is 29.4 Å². The van der Waals surface area contributed by atoms with E-state index in [0.29, 0.717) is 13.1 Å². The van der Waals surface area contributed by atoms with Gasteiger partial charge < -0.3 is 20.3 Å². The predicted molar refractivity (Wildman–Crippen MR) is 127 cm³/mol. The van der Waals surface area contributed by atoms with Crippen molar-refractivity contribution in [3.63, 3.8) is 0 Å². The second kappa shape index (κ2) is 9.83. The molecule has 1 aromatic carbocycles. The zero-order chi connectivity index (χ0) is 22.7. The summed E-state index contributed by atoms with van der Waals surface area (Å²) in [6, 6.07) is 5.75. The van der Waals surface area contributed by atoms with Crippen LogP contribution in [0.2, 0.25) is 0 Å². The van der Waals surface area contributed by atoms with Crippen LogP contribution in [0.5, 0.6) is 0 Å². The monoisotopic (exact) mass is 439 g/mol. The van der Waals surface area contributed by atoms with E-state index in [0.717, 1.165) is 68.2 Å². The first-order valence-electron chi connectivity index (χ1n) is 11.5. The van der Waals surface area contributed by atoms with Crippen molar-refractivity contribution >= 4 is 35.0 Å². The molecule has 1 aliphatic carbocycles. The Balaban J connectivity index is 1.55. The number of hydrogen-bond donors (Lipinski definition) is 1. The van der Waals surface area contributed by atoms with Gasteiger partial charge in [-0.25, -0.2) is 0 Å². The topological polar surface area (TPSA) is 91.5 Å². The minimum absolute atomic E-state index is 0.0238. The number of amides is 2. The average molecular weight is 440 g/mol. The van der Waals surface area contributed by atoms with E-state index in [1.54, 1.807) is 24.2 Å². The van der Waals surface area contributed by atoms with Crippen LogP contribution in [0.4, 0.5) is 11.4 Å². The molecule has 2 aliphatic heterocycles. The van der Waals surface area contributed by atoms with Crippen molar-refractivity contribution in [2.75, 3.05) is 55.7 Å². The minimum Gasteiger partial charge on any atom is -0.404 e. The van der Waals surface area contributed by atoms with Crippen molar-refractivity contribution in [3.05, 3.63) is 30.0 Å². The first-order chi connectivity index (χ1) is 15.5. The lowest BCUT2D eigenvalue weighted by Crippen LogP contribution is -2.51. The highest BCUT2D eigenvalue weighted by molar-refractivity contribution is 6.11. The van der Waals surface area contributed by atoms with Crippen LogP contribution in [0.3, 0.4) is 0 Å². The number of ether oxygens (including phenoxy) is 1. The Morgan fingerprint density at radius 2 is 1.97 bits per heavy atom. The molecule has 8 heteroatoms. The summed E-state index contributed by atoms with van der Waals surface area (Å²) < 4.78 is 5.38. The Bertz CT molecular complexity index is 918. The van der Waals surface area contributed by atoms with Gasteiger partial charge in [-0.15, -0.1) is 0 Å². The quantitative estimate of drug-likeness (QED) is 0.684. The highest BCUT2D eigenvalue weighted by Crippen LogP contribution is 2.41. The summed E-state index contributed by atoms with van der Waals surface area (Å²) >= 11 is 0. The lowest BCUT2D eigenvalue weighted by atomic mass is 10.0. The number of aliphatic imine (C=N–C) groups is 1. The van der Waals surface area contributed by atoms with Crippen LogP contribution in [0.25, 0.3) is 5.57 Å². The molecule has 1 atom stereocenters. The molecule has 4 rings (SSSR count). The standard InChI is InChI=1S/C24H33N5O3/c1-17-16-28(24(31)19-3-4-19)23-13-20(5-6-22(23)29(17)18(2)30)21(14-25)15-26-7-8-27-9-11-32-12-10-27/h5-6,13-15,17,19H,3-4,7-12,16,25H2,1-2H3/t17-/m0/s1. The predicted octanol–water partition coefficient (Wildman–Crippen LogP) is 1.89. The average Bonchev–Trinajstić information content (AvgIpc) is 3.64. The van der Waals surface area contributed by atoms with E-state index < -0.39 is 0 Å². The Labute approximate surface area is 189 Å². The van der Waals surface area contributed by atoms with Crippen LogP contribution in [-0.2, 0) is 14.3 Å². The summed E-state index contributed by atoms with van der Waals surface area (Å²) in [7, 11) is 0.